The summed E-state index contributed by atoms with van der Waals surface area (Å²) in [6.07, 6.45) is 0. The maximum absolute atomic E-state index is 11.6. The normalized spacial score (nSPS) is 18.7. The highest BCUT2D eigenvalue weighted by atomic mass is 16.4. The molecule has 1 aromatic rings. The molecule has 2 N–H and O–H groups in total. The van der Waals surface area contributed by atoms with E-state index in [-0.39, 0.29) is 12.5 Å². The molecule has 1 amide bonds. The maximum atomic E-state index is 11.6. The van der Waals surface area contributed by atoms with E-state index in [1.165, 1.54) is 0 Å². The number of carboxylic acids is 1. The van der Waals surface area contributed by atoms with Gasteiger partial charge in [-0.25, -0.2) is 0 Å². The number of amides is 1. The summed E-state index contributed by atoms with van der Waals surface area (Å²) in [6, 6.07) is 7.54. The van der Waals surface area contributed by atoms with E-state index in [0.29, 0.717) is 19.6 Å². The van der Waals surface area contributed by atoms with Gasteiger partial charge in [0.15, 0.2) is 0 Å². The summed E-state index contributed by atoms with van der Waals surface area (Å²) in [6.45, 7) is 3.70. The summed E-state index contributed by atoms with van der Waals surface area (Å²) in [5.41, 5.74) is 1.85. The fourth-order valence-electron chi connectivity index (χ4n) is 2.47. The molecule has 0 spiro atoms. The van der Waals surface area contributed by atoms with E-state index in [1.807, 2.05) is 36.1 Å². The van der Waals surface area contributed by atoms with Crippen LogP contribution in [0.3, 0.4) is 0 Å². The lowest BCUT2D eigenvalue weighted by atomic mass is 9.90. The number of carbonyl (C=O) groups is 2. The number of fused-ring (bicyclic) bond motifs is 1. The zero-order valence-corrected chi connectivity index (χ0v) is 10.9. The van der Waals surface area contributed by atoms with Crippen LogP contribution in [0.5, 0.6) is 0 Å². The van der Waals surface area contributed by atoms with Crippen molar-refractivity contribution in [3.63, 3.8) is 0 Å². The number of nitrogens with zero attached hydrogens (tertiary/aromatic N) is 1. The van der Waals surface area contributed by atoms with Crippen LogP contribution in [0, 0.1) is 0 Å². The van der Waals surface area contributed by atoms with E-state index in [2.05, 4.69) is 5.32 Å². The lowest BCUT2D eigenvalue weighted by molar-refractivity contribution is -0.140. The van der Waals surface area contributed by atoms with Crippen LogP contribution in [0.2, 0.25) is 0 Å². The molecule has 1 unspecified atom stereocenters. The van der Waals surface area contributed by atoms with Gasteiger partial charge in [-0.3, -0.25) is 14.5 Å². The van der Waals surface area contributed by atoms with Gasteiger partial charge in [0.1, 0.15) is 0 Å². The van der Waals surface area contributed by atoms with Gasteiger partial charge in [0.2, 0.25) is 5.91 Å². The first kappa shape index (κ1) is 13.5. The summed E-state index contributed by atoms with van der Waals surface area (Å²) in [5.74, 6) is -1.46. The number of hydrogen-bond acceptors (Lipinski definition) is 3. The molecule has 1 aromatic carbocycles. The first-order chi connectivity index (χ1) is 9.11. The molecule has 2 rings (SSSR count). The predicted molar refractivity (Wildman–Crippen MR) is 70.8 cm³/mol. The van der Waals surface area contributed by atoms with Gasteiger partial charge in [-0.2, -0.15) is 0 Å². The summed E-state index contributed by atoms with van der Waals surface area (Å²) in [5, 5.41) is 12.0. The van der Waals surface area contributed by atoms with E-state index in [0.717, 1.165) is 11.1 Å². The van der Waals surface area contributed by atoms with Gasteiger partial charge in [-0.1, -0.05) is 24.3 Å². The Balaban J connectivity index is 2.16. The molecule has 0 fully saturated rings. The van der Waals surface area contributed by atoms with Crippen molar-refractivity contribution >= 4 is 11.9 Å². The van der Waals surface area contributed by atoms with Gasteiger partial charge >= 0.3 is 5.97 Å². The van der Waals surface area contributed by atoms with Crippen molar-refractivity contribution in [2.45, 2.75) is 19.4 Å². The zero-order chi connectivity index (χ0) is 13.8. The lowest BCUT2D eigenvalue weighted by Gasteiger charge is -2.32. The Morgan fingerprint density at radius 1 is 1.42 bits per heavy atom. The Hall–Kier alpha value is -1.88. The molecule has 1 aliphatic rings. The summed E-state index contributed by atoms with van der Waals surface area (Å²) in [4.78, 5) is 24.8. The SMILES string of the molecule is CCNC(=O)CN1Cc2ccccc2C(C(=O)O)C1. The van der Waals surface area contributed by atoms with Crippen LogP contribution in [-0.4, -0.2) is 41.5 Å². The second-order valence-electron chi connectivity index (χ2n) is 4.71. The molecular weight excluding hydrogens is 244 g/mol. The van der Waals surface area contributed by atoms with Gasteiger partial charge in [0.25, 0.3) is 0 Å². The predicted octanol–water partition coefficient (Wildman–Crippen LogP) is 0.806. The fraction of sp³-hybridized carbons (Fsp3) is 0.429. The third-order valence-corrected chi connectivity index (χ3v) is 3.30. The molecule has 1 atom stereocenters. The molecule has 5 heteroatoms. The molecule has 1 heterocycles. The molecule has 0 aromatic heterocycles. The monoisotopic (exact) mass is 262 g/mol. The molecule has 19 heavy (non-hydrogen) atoms. The van der Waals surface area contributed by atoms with Crippen LogP contribution in [-0.2, 0) is 16.1 Å². The molecule has 0 saturated heterocycles. The number of likely N-dealkylation sites (N-methyl/N-ethyl adjacent to an activating group) is 1. The van der Waals surface area contributed by atoms with Crippen LogP contribution in [0.4, 0.5) is 0 Å². The highest BCUT2D eigenvalue weighted by Gasteiger charge is 2.30. The van der Waals surface area contributed by atoms with Gasteiger partial charge in [-0.15, -0.1) is 0 Å². The molecule has 0 saturated carbocycles. The zero-order valence-electron chi connectivity index (χ0n) is 10.9. The average molecular weight is 262 g/mol. The molecular formula is C14H18N2O3. The molecule has 0 radical (unpaired) electrons. The van der Waals surface area contributed by atoms with Crippen LogP contribution >= 0.6 is 0 Å². The van der Waals surface area contributed by atoms with Crippen molar-refractivity contribution in [1.29, 1.82) is 0 Å². The lowest BCUT2D eigenvalue weighted by Crippen LogP contribution is -2.42. The van der Waals surface area contributed by atoms with Gasteiger partial charge in [0, 0.05) is 19.6 Å². The molecule has 0 aliphatic carbocycles. The van der Waals surface area contributed by atoms with Crippen molar-refractivity contribution in [1.82, 2.24) is 10.2 Å². The largest absolute Gasteiger partial charge is 0.481 e. The van der Waals surface area contributed by atoms with Crippen LogP contribution in [0.15, 0.2) is 24.3 Å². The minimum Gasteiger partial charge on any atom is -0.481 e. The minimum atomic E-state index is -0.840. The number of aliphatic carboxylic acids is 1. The molecule has 0 bridgehead atoms. The number of carbonyl (C=O) groups excluding carboxylic acids is 1. The van der Waals surface area contributed by atoms with Crippen molar-refractivity contribution in [3.8, 4) is 0 Å². The average Bonchev–Trinajstić information content (AvgIpc) is 2.37. The summed E-state index contributed by atoms with van der Waals surface area (Å²) in [7, 11) is 0. The second-order valence-corrected chi connectivity index (χ2v) is 4.71. The number of carboxylic acid groups (broad SMARTS) is 1. The van der Waals surface area contributed by atoms with Crippen LogP contribution < -0.4 is 5.32 Å². The standard InChI is InChI=1S/C14H18N2O3/c1-2-15-13(17)9-16-7-10-5-3-4-6-11(10)12(8-16)14(18)19/h3-6,12H,2,7-9H2,1H3,(H,15,17)(H,18,19). The van der Waals surface area contributed by atoms with E-state index >= 15 is 0 Å². The van der Waals surface area contributed by atoms with Gasteiger partial charge < -0.3 is 10.4 Å². The number of benzene rings is 1. The third kappa shape index (κ3) is 3.12. The van der Waals surface area contributed by atoms with E-state index < -0.39 is 11.9 Å². The Kier molecular flexibility index (Phi) is 4.16. The van der Waals surface area contributed by atoms with E-state index in [1.54, 1.807) is 0 Å². The molecule has 5 nitrogen and oxygen atoms in total. The third-order valence-electron chi connectivity index (χ3n) is 3.30. The van der Waals surface area contributed by atoms with Crippen LogP contribution in [0.25, 0.3) is 0 Å². The maximum Gasteiger partial charge on any atom is 0.312 e. The summed E-state index contributed by atoms with van der Waals surface area (Å²) < 4.78 is 0. The highest BCUT2D eigenvalue weighted by molar-refractivity contribution is 5.79. The van der Waals surface area contributed by atoms with Gasteiger partial charge in [0.05, 0.1) is 12.5 Å². The minimum absolute atomic E-state index is 0.0639. The summed E-state index contributed by atoms with van der Waals surface area (Å²) >= 11 is 0. The smallest absolute Gasteiger partial charge is 0.312 e. The quantitative estimate of drug-likeness (QED) is 0.842. The Bertz CT molecular complexity index is 487. The Morgan fingerprint density at radius 3 is 2.84 bits per heavy atom. The number of hydrogen-bond donors (Lipinski definition) is 2. The van der Waals surface area contributed by atoms with Crippen LogP contribution in [0.1, 0.15) is 24.0 Å². The topological polar surface area (TPSA) is 69.6 Å². The Labute approximate surface area is 112 Å². The first-order valence-corrected chi connectivity index (χ1v) is 6.41. The molecule has 102 valence electrons. The molecule has 1 aliphatic heterocycles. The van der Waals surface area contributed by atoms with Crippen molar-refractivity contribution < 1.29 is 14.7 Å². The van der Waals surface area contributed by atoms with Gasteiger partial charge in [-0.05, 0) is 18.1 Å². The number of rotatable bonds is 4. The fourth-order valence-corrected chi connectivity index (χ4v) is 2.47. The second kappa shape index (κ2) is 5.84. The Morgan fingerprint density at radius 2 is 2.16 bits per heavy atom. The van der Waals surface area contributed by atoms with E-state index in [9.17, 15) is 14.7 Å². The van der Waals surface area contributed by atoms with Crippen molar-refractivity contribution in [3.05, 3.63) is 35.4 Å². The van der Waals surface area contributed by atoms with E-state index in [4.69, 9.17) is 0 Å². The number of nitrogens with one attached hydrogen (secondary N) is 1. The first-order valence-electron chi connectivity index (χ1n) is 6.41. The van der Waals surface area contributed by atoms with Crippen molar-refractivity contribution in [2.75, 3.05) is 19.6 Å². The van der Waals surface area contributed by atoms with Crippen molar-refractivity contribution in [2.24, 2.45) is 0 Å². The highest BCUT2D eigenvalue weighted by Crippen LogP contribution is 2.28.